The fourth-order valence-electron chi connectivity index (χ4n) is 9.56. The molecule has 8 nitrogen and oxygen atoms in total. The van der Waals surface area contributed by atoms with E-state index in [0.29, 0.717) is 30.1 Å². The van der Waals surface area contributed by atoms with Crippen LogP contribution in [-0.2, 0) is 19.1 Å². The Morgan fingerprint density at radius 3 is 2.53 bits per heavy atom. The van der Waals surface area contributed by atoms with Gasteiger partial charge < -0.3 is 24.8 Å². The van der Waals surface area contributed by atoms with E-state index < -0.39 is 35.9 Å². The fourth-order valence-corrected chi connectivity index (χ4v) is 9.56. The van der Waals surface area contributed by atoms with Crippen LogP contribution in [0.5, 0.6) is 0 Å². The number of amides is 2. The molecule has 6 unspecified atom stereocenters. The lowest BCUT2D eigenvalue weighted by Crippen LogP contribution is -2.63. The highest BCUT2D eigenvalue weighted by Crippen LogP contribution is 2.79. The van der Waals surface area contributed by atoms with Crippen molar-refractivity contribution >= 4 is 18.0 Å². The van der Waals surface area contributed by atoms with E-state index in [2.05, 4.69) is 5.32 Å². The molecule has 5 saturated carbocycles. The van der Waals surface area contributed by atoms with Crippen LogP contribution in [-0.4, -0.2) is 64.9 Å². The third-order valence-corrected chi connectivity index (χ3v) is 10.4. The number of ether oxygens (including phenoxy) is 2. The first-order valence-corrected chi connectivity index (χ1v) is 13.0. The standard InChI is InChI=1S/C26H38N2O6/c1-24(2,3)34-23(32)27-20(25-9-13-5-14-6-15(11-25)26(14,10-13)12-25)21(30)28-16-7-17(18(29)8-16)19(28)22(31)33-4/h13-20,29H,5-12H2,1-4H3,(H,27,32)/t13?,14?,15?,16-,17+,18?,19-,20+,25?,26?/m0/s1. The summed E-state index contributed by atoms with van der Waals surface area (Å²) in [6, 6.07) is -1.73. The van der Waals surface area contributed by atoms with E-state index in [1.54, 1.807) is 4.90 Å². The fraction of sp³-hybridized carbons (Fsp3) is 0.885. The molecular formula is C26H38N2O6. The number of fused-ring (bicyclic) bond motifs is 4. The summed E-state index contributed by atoms with van der Waals surface area (Å²) in [5.41, 5.74) is -0.627. The lowest BCUT2D eigenvalue weighted by molar-refractivity contribution is -0.160. The minimum Gasteiger partial charge on any atom is -0.467 e. The topological polar surface area (TPSA) is 105 Å². The van der Waals surface area contributed by atoms with Crippen molar-refractivity contribution in [2.45, 2.75) is 102 Å². The van der Waals surface area contributed by atoms with Crippen LogP contribution in [0.3, 0.4) is 0 Å². The Balaban J connectivity index is 1.35. The number of piperidine rings is 1. The van der Waals surface area contributed by atoms with Gasteiger partial charge in [0.05, 0.1) is 13.2 Å². The van der Waals surface area contributed by atoms with Gasteiger partial charge in [-0.2, -0.15) is 0 Å². The molecule has 5 bridgehead atoms. The van der Waals surface area contributed by atoms with E-state index in [1.165, 1.54) is 26.4 Å². The maximum Gasteiger partial charge on any atom is 0.408 e. The molecule has 1 heterocycles. The van der Waals surface area contributed by atoms with Crippen LogP contribution in [0.1, 0.15) is 72.1 Å². The molecule has 1 aliphatic heterocycles. The molecule has 0 radical (unpaired) electrons. The zero-order chi connectivity index (χ0) is 24.2. The highest BCUT2D eigenvalue weighted by Gasteiger charge is 2.73. The van der Waals surface area contributed by atoms with Gasteiger partial charge in [0.25, 0.3) is 0 Å². The van der Waals surface area contributed by atoms with E-state index >= 15 is 0 Å². The number of likely N-dealkylation sites (tertiary alicyclic amines) is 1. The number of nitrogens with one attached hydrogen (secondary N) is 1. The zero-order valence-electron chi connectivity index (χ0n) is 20.7. The molecule has 0 aromatic carbocycles. The lowest BCUT2D eigenvalue weighted by atomic mass is 9.55. The molecule has 1 saturated heterocycles. The first kappa shape index (κ1) is 22.6. The quantitative estimate of drug-likeness (QED) is 0.607. The van der Waals surface area contributed by atoms with E-state index in [-0.39, 0.29) is 23.3 Å². The van der Waals surface area contributed by atoms with Crippen molar-refractivity contribution < 1.29 is 29.0 Å². The third kappa shape index (κ3) is 3.02. The molecule has 6 rings (SSSR count). The summed E-state index contributed by atoms with van der Waals surface area (Å²) in [5.74, 6) is 1.01. The Hall–Kier alpha value is -1.83. The molecule has 6 fully saturated rings. The van der Waals surface area contributed by atoms with Crippen molar-refractivity contribution in [1.82, 2.24) is 10.2 Å². The number of esters is 1. The van der Waals surface area contributed by atoms with Crippen molar-refractivity contribution in [2.75, 3.05) is 7.11 Å². The van der Waals surface area contributed by atoms with Crippen LogP contribution < -0.4 is 5.32 Å². The molecule has 6 aliphatic rings. The summed E-state index contributed by atoms with van der Waals surface area (Å²) in [6.07, 6.45) is 6.51. The van der Waals surface area contributed by atoms with Gasteiger partial charge in [-0.25, -0.2) is 9.59 Å². The van der Waals surface area contributed by atoms with Gasteiger partial charge in [-0.3, -0.25) is 4.79 Å². The van der Waals surface area contributed by atoms with Crippen LogP contribution in [0.2, 0.25) is 0 Å². The van der Waals surface area contributed by atoms with Crippen LogP contribution >= 0.6 is 0 Å². The summed E-state index contributed by atoms with van der Waals surface area (Å²) in [4.78, 5) is 41.8. The number of methoxy groups -OCH3 is 1. The molecule has 2 N–H and O–H groups in total. The maximum atomic E-state index is 14.4. The van der Waals surface area contributed by atoms with Gasteiger partial charge in [-0.15, -0.1) is 0 Å². The van der Waals surface area contributed by atoms with Crippen molar-refractivity contribution in [3.63, 3.8) is 0 Å². The maximum absolute atomic E-state index is 14.4. The minimum atomic E-state index is -0.796. The molecule has 2 amide bonds. The predicted molar refractivity (Wildman–Crippen MR) is 121 cm³/mol. The summed E-state index contributed by atoms with van der Waals surface area (Å²) in [7, 11) is 1.32. The Morgan fingerprint density at radius 2 is 1.82 bits per heavy atom. The number of carbonyl (C=O) groups is 3. The van der Waals surface area contributed by atoms with Gasteiger partial charge >= 0.3 is 12.1 Å². The van der Waals surface area contributed by atoms with E-state index in [4.69, 9.17) is 9.47 Å². The van der Waals surface area contributed by atoms with Crippen molar-refractivity contribution in [3.8, 4) is 0 Å². The number of hydrogen-bond acceptors (Lipinski definition) is 6. The summed E-state index contributed by atoms with van der Waals surface area (Å²) < 4.78 is 10.7. The number of alkyl carbamates (subject to hydrolysis) is 1. The molecule has 8 heteroatoms. The second-order valence-corrected chi connectivity index (χ2v) is 13.3. The van der Waals surface area contributed by atoms with Crippen molar-refractivity contribution in [1.29, 1.82) is 0 Å². The average Bonchev–Trinajstić information content (AvgIpc) is 3.40. The van der Waals surface area contributed by atoms with Crippen LogP contribution in [0, 0.1) is 34.5 Å². The number of carbonyl (C=O) groups excluding carboxylic acids is 3. The Morgan fingerprint density at radius 1 is 1.06 bits per heavy atom. The number of hydrogen-bond donors (Lipinski definition) is 2. The first-order valence-electron chi connectivity index (χ1n) is 13.0. The third-order valence-electron chi connectivity index (χ3n) is 10.4. The van der Waals surface area contributed by atoms with Crippen LogP contribution in [0.25, 0.3) is 0 Å². The number of aliphatic hydroxyl groups is 1. The van der Waals surface area contributed by atoms with Gasteiger partial charge in [0.1, 0.15) is 17.7 Å². The highest BCUT2D eigenvalue weighted by atomic mass is 16.6. The van der Waals surface area contributed by atoms with Crippen molar-refractivity contribution in [2.24, 2.45) is 34.5 Å². The highest BCUT2D eigenvalue weighted by molar-refractivity contribution is 5.92. The van der Waals surface area contributed by atoms with Crippen LogP contribution in [0.15, 0.2) is 0 Å². The molecule has 10 atom stereocenters. The first-order chi connectivity index (χ1) is 16.0. The Labute approximate surface area is 201 Å². The van der Waals surface area contributed by atoms with E-state index in [9.17, 15) is 19.5 Å². The second kappa shape index (κ2) is 7.11. The summed E-state index contributed by atoms with van der Waals surface area (Å²) in [6.45, 7) is 5.45. The Kier molecular flexibility index (Phi) is 4.73. The number of aliphatic hydroxyl groups excluding tert-OH is 1. The van der Waals surface area contributed by atoms with E-state index in [0.717, 1.165) is 25.2 Å². The molecule has 0 aromatic heterocycles. The molecule has 5 aliphatic carbocycles. The van der Waals surface area contributed by atoms with Crippen molar-refractivity contribution in [3.05, 3.63) is 0 Å². The minimum absolute atomic E-state index is 0.198. The average molecular weight is 475 g/mol. The number of nitrogens with zero attached hydrogens (tertiary/aromatic N) is 1. The van der Waals surface area contributed by atoms with Crippen LogP contribution in [0.4, 0.5) is 4.79 Å². The largest absolute Gasteiger partial charge is 0.467 e. The smallest absolute Gasteiger partial charge is 0.408 e. The number of rotatable bonds is 4. The monoisotopic (exact) mass is 474 g/mol. The zero-order valence-corrected chi connectivity index (χ0v) is 20.7. The molecule has 0 aromatic rings. The SMILES string of the molecule is COC(=O)[C@@H]1[C@@H]2C[C@@H](CC2O)N1C(=O)[C@@H](NC(=O)OC(C)(C)C)C12CC3CC4CC(C1)C4(C3)C2. The normalized spacial score (nSPS) is 46.1. The molecule has 34 heavy (non-hydrogen) atoms. The van der Waals surface area contributed by atoms with Gasteiger partial charge in [0, 0.05) is 17.4 Å². The predicted octanol–water partition coefficient (Wildman–Crippen LogP) is 2.62. The molecule has 1 spiro atoms. The van der Waals surface area contributed by atoms with Gasteiger partial charge in [0.2, 0.25) is 5.91 Å². The van der Waals surface area contributed by atoms with E-state index in [1.807, 2.05) is 20.8 Å². The molecular weight excluding hydrogens is 436 g/mol. The van der Waals surface area contributed by atoms with Gasteiger partial charge in [0.15, 0.2) is 0 Å². The lowest BCUT2D eigenvalue weighted by Gasteiger charge is -2.50. The summed E-state index contributed by atoms with van der Waals surface area (Å²) in [5, 5.41) is 13.5. The Bertz CT molecular complexity index is 927. The van der Waals surface area contributed by atoms with Gasteiger partial charge in [-0.1, -0.05) is 0 Å². The van der Waals surface area contributed by atoms with Gasteiger partial charge in [-0.05, 0) is 95.3 Å². The summed E-state index contributed by atoms with van der Waals surface area (Å²) >= 11 is 0. The molecule has 188 valence electrons. The second-order valence-electron chi connectivity index (χ2n) is 13.3.